The fourth-order valence-corrected chi connectivity index (χ4v) is 2.21. The maximum Gasteiger partial charge on any atom is 0.453 e. The number of amides is 1. The van der Waals surface area contributed by atoms with Crippen LogP contribution in [0.3, 0.4) is 0 Å². The van der Waals surface area contributed by atoms with Crippen LogP contribution in [0.1, 0.15) is 18.5 Å². The number of aromatic nitrogens is 1. The lowest BCUT2D eigenvalue weighted by Gasteiger charge is -2.25. The molecule has 1 amide bonds. The van der Waals surface area contributed by atoms with Crippen molar-refractivity contribution in [2.75, 3.05) is 18.0 Å². The quantitative estimate of drug-likeness (QED) is 0.881. The lowest BCUT2D eigenvalue weighted by Crippen LogP contribution is -2.41. The lowest BCUT2D eigenvalue weighted by molar-refractivity contribution is -0.414. The monoisotopic (exact) mass is 274 g/mol. The van der Waals surface area contributed by atoms with E-state index in [1.54, 1.807) is 11.0 Å². The van der Waals surface area contributed by atoms with Crippen LogP contribution in [0.4, 0.5) is 19.0 Å². The Morgan fingerprint density at radius 1 is 1.32 bits per heavy atom. The van der Waals surface area contributed by atoms with Gasteiger partial charge in [0.2, 0.25) is 11.6 Å². The Labute approximate surface area is 108 Å². The van der Waals surface area contributed by atoms with Gasteiger partial charge in [0.05, 0.1) is 13.1 Å². The first-order valence-corrected chi connectivity index (χ1v) is 6.01. The van der Waals surface area contributed by atoms with Crippen LogP contribution in [-0.4, -0.2) is 19.0 Å². The number of nitrogens with two attached hydrogens (primary N) is 1. The summed E-state index contributed by atoms with van der Waals surface area (Å²) < 4.78 is 37.8. The Hall–Kier alpha value is -1.79. The number of carbonyl (C=O) groups is 1. The van der Waals surface area contributed by atoms with Crippen LogP contribution in [0.25, 0.3) is 0 Å². The minimum Gasteiger partial charge on any atom is -0.369 e. The highest BCUT2D eigenvalue weighted by molar-refractivity contribution is 5.76. The van der Waals surface area contributed by atoms with Crippen molar-refractivity contribution < 1.29 is 22.9 Å². The van der Waals surface area contributed by atoms with Crippen LogP contribution >= 0.6 is 0 Å². The molecule has 0 saturated carbocycles. The van der Waals surface area contributed by atoms with Crippen LogP contribution in [-0.2, 0) is 11.0 Å². The largest absolute Gasteiger partial charge is 0.453 e. The summed E-state index contributed by atoms with van der Waals surface area (Å²) in [4.78, 5) is 15.2. The molecule has 1 fully saturated rings. The SMILES string of the molecule is NC(=O)C1CCN(c2cccc(C(F)(F)F)[nH+]2)CC1. The van der Waals surface area contributed by atoms with Crippen molar-refractivity contribution in [2.45, 2.75) is 19.0 Å². The number of nitrogens with zero attached hydrogens (tertiary/aromatic N) is 1. The van der Waals surface area contributed by atoms with Gasteiger partial charge in [-0.3, -0.25) is 9.69 Å². The predicted octanol–water partition coefficient (Wildman–Crippen LogP) is 1.22. The number of H-pyrrole nitrogens is 1. The van der Waals surface area contributed by atoms with Gasteiger partial charge in [-0.05, 0) is 25.0 Å². The van der Waals surface area contributed by atoms with E-state index in [0.29, 0.717) is 31.7 Å². The number of primary amides is 1. The van der Waals surface area contributed by atoms with Gasteiger partial charge in [-0.15, -0.1) is 0 Å². The highest BCUT2D eigenvalue weighted by Gasteiger charge is 2.36. The summed E-state index contributed by atoms with van der Waals surface area (Å²) in [5, 5.41) is 0. The van der Waals surface area contributed by atoms with Crippen LogP contribution in [0.2, 0.25) is 0 Å². The van der Waals surface area contributed by atoms with E-state index in [2.05, 4.69) is 4.98 Å². The predicted molar refractivity (Wildman–Crippen MR) is 62.1 cm³/mol. The molecule has 1 aromatic heterocycles. The van der Waals surface area contributed by atoms with Gasteiger partial charge in [-0.25, -0.2) is 4.98 Å². The van der Waals surface area contributed by atoms with Crippen LogP contribution < -0.4 is 15.6 Å². The van der Waals surface area contributed by atoms with Crippen molar-refractivity contribution in [3.8, 4) is 0 Å². The average molecular weight is 274 g/mol. The van der Waals surface area contributed by atoms with E-state index in [0.717, 1.165) is 6.07 Å². The molecule has 1 aromatic rings. The van der Waals surface area contributed by atoms with E-state index >= 15 is 0 Å². The molecule has 104 valence electrons. The standard InChI is InChI=1S/C12H14F3N3O/c13-12(14,15)9-2-1-3-10(17-9)18-6-4-8(5-7-18)11(16)19/h1-3,8H,4-7H2,(H2,16,19)/p+1. The first-order valence-electron chi connectivity index (χ1n) is 6.01. The van der Waals surface area contributed by atoms with Gasteiger partial charge in [0, 0.05) is 12.0 Å². The highest BCUT2D eigenvalue weighted by Crippen LogP contribution is 2.27. The van der Waals surface area contributed by atoms with Crippen molar-refractivity contribution in [2.24, 2.45) is 11.7 Å². The third-order valence-electron chi connectivity index (χ3n) is 3.32. The van der Waals surface area contributed by atoms with Gasteiger partial charge < -0.3 is 5.73 Å². The molecule has 1 aliphatic rings. The number of anilines is 1. The van der Waals surface area contributed by atoms with E-state index in [9.17, 15) is 18.0 Å². The smallest absolute Gasteiger partial charge is 0.369 e. The fraction of sp³-hybridized carbons (Fsp3) is 0.500. The number of piperidine rings is 1. The van der Waals surface area contributed by atoms with Crippen LogP contribution in [0, 0.1) is 5.92 Å². The zero-order valence-electron chi connectivity index (χ0n) is 10.2. The summed E-state index contributed by atoms with van der Waals surface area (Å²) in [7, 11) is 0. The Kier molecular flexibility index (Phi) is 3.64. The summed E-state index contributed by atoms with van der Waals surface area (Å²) >= 11 is 0. The van der Waals surface area contributed by atoms with E-state index in [-0.39, 0.29) is 11.8 Å². The molecule has 2 rings (SSSR count). The average Bonchev–Trinajstić information content (AvgIpc) is 2.38. The Morgan fingerprint density at radius 2 is 1.95 bits per heavy atom. The molecule has 1 aliphatic heterocycles. The number of hydrogen-bond acceptors (Lipinski definition) is 2. The van der Waals surface area contributed by atoms with Gasteiger partial charge in [0.15, 0.2) is 0 Å². The summed E-state index contributed by atoms with van der Waals surface area (Å²) in [6.45, 7) is 1.04. The lowest BCUT2D eigenvalue weighted by atomic mass is 9.96. The van der Waals surface area contributed by atoms with Gasteiger partial charge in [0.25, 0.3) is 5.82 Å². The molecular formula is C12H15F3N3O+. The van der Waals surface area contributed by atoms with E-state index in [4.69, 9.17) is 5.73 Å². The van der Waals surface area contributed by atoms with Crippen LogP contribution in [0.5, 0.6) is 0 Å². The molecule has 0 radical (unpaired) electrons. The Balaban J connectivity index is 2.10. The molecule has 0 atom stereocenters. The third-order valence-corrected chi connectivity index (χ3v) is 3.32. The van der Waals surface area contributed by atoms with Gasteiger partial charge in [-0.2, -0.15) is 13.2 Å². The molecule has 0 spiro atoms. The molecular weight excluding hydrogens is 259 g/mol. The summed E-state index contributed by atoms with van der Waals surface area (Å²) in [6, 6.07) is 3.97. The van der Waals surface area contributed by atoms with Crippen LogP contribution in [0.15, 0.2) is 18.2 Å². The highest BCUT2D eigenvalue weighted by atomic mass is 19.4. The normalized spacial score (nSPS) is 17.5. The van der Waals surface area contributed by atoms with E-state index in [1.165, 1.54) is 6.07 Å². The second-order valence-electron chi connectivity index (χ2n) is 4.61. The molecule has 4 nitrogen and oxygen atoms in total. The number of alkyl halides is 3. The van der Waals surface area contributed by atoms with Crippen molar-refractivity contribution in [1.82, 2.24) is 0 Å². The van der Waals surface area contributed by atoms with E-state index < -0.39 is 11.9 Å². The topological polar surface area (TPSA) is 60.5 Å². The zero-order valence-corrected chi connectivity index (χ0v) is 10.2. The number of hydrogen-bond donors (Lipinski definition) is 1. The van der Waals surface area contributed by atoms with Gasteiger partial charge >= 0.3 is 6.18 Å². The molecule has 3 N–H and O–H groups in total. The Bertz CT molecular complexity index is 468. The molecule has 0 aliphatic carbocycles. The summed E-state index contributed by atoms with van der Waals surface area (Å²) in [5.74, 6) is -0.104. The maximum absolute atomic E-state index is 12.6. The van der Waals surface area contributed by atoms with E-state index in [1.807, 2.05) is 0 Å². The fourth-order valence-electron chi connectivity index (χ4n) is 2.21. The number of pyridine rings is 1. The van der Waals surface area contributed by atoms with Crippen molar-refractivity contribution in [3.05, 3.63) is 23.9 Å². The van der Waals surface area contributed by atoms with Gasteiger partial charge in [0.1, 0.15) is 0 Å². The van der Waals surface area contributed by atoms with Gasteiger partial charge in [-0.1, -0.05) is 0 Å². The minimum atomic E-state index is -4.39. The first-order chi connectivity index (χ1) is 8.88. The number of nitrogens with one attached hydrogen (secondary N) is 1. The molecule has 2 heterocycles. The number of aromatic amines is 1. The number of rotatable bonds is 2. The number of halogens is 3. The zero-order chi connectivity index (χ0) is 14.0. The second-order valence-corrected chi connectivity index (χ2v) is 4.61. The second kappa shape index (κ2) is 5.07. The summed E-state index contributed by atoms with van der Waals surface area (Å²) in [6.07, 6.45) is -3.25. The molecule has 1 saturated heterocycles. The molecule has 0 aromatic carbocycles. The third kappa shape index (κ3) is 3.15. The van der Waals surface area contributed by atoms with Crippen molar-refractivity contribution in [3.63, 3.8) is 0 Å². The number of carbonyl (C=O) groups excluding carboxylic acids is 1. The molecule has 0 unspecified atom stereocenters. The molecule has 19 heavy (non-hydrogen) atoms. The molecule has 7 heteroatoms. The van der Waals surface area contributed by atoms with Crippen molar-refractivity contribution in [1.29, 1.82) is 0 Å². The van der Waals surface area contributed by atoms with Crippen molar-refractivity contribution >= 4 is 11.7 Å². The minimum absolute atomic E-state index is 0.179. The Morgan fingerprint density at radius 3 is 2.47 bits per heavy atom. The maximum atomic E-state index is 12.6. The summed E-state index contributed by atoms with van der Waals surface area (Å²) in [5.41, 5.74) is 4.44. The molecule has 0 bridgehead atoms. The first kappa shape index (κ1) is 13.6.